The van der Waals surface area contributed by atoms with Gasteiger partial charge in [-0.15, -0.1) is 0 Å². The molecule has 0 unspecified atom stereocenters. The van der Waals surface area contributed by atoms with Crippen LogP contribution in [0.4, 0.5) is 26.2 Å². The van der Waals surface area contributed by atoms with Crippen molar-refractivity contribution >= 4 is 32.3 Å². The Kier molecular flexibility index (Phi) is 5.35. The molecule has 0 aliphatic heterocycles. The van der Waals surface area contributed by atoms with Gasteiger partial charge in [0.15, 0.2) is 0 Å². The summed E-state index contributed by atoms with van der Waals surface area (Å²) in [6.07, 6.45) is 2.69. The molecule has 0 saturated heterocycles. The van der Waals surface area contributed by atoms with Gasteiger partial charge in [0.2, 0.25) is 0 Å². The fraction of sp³-hybridized carbons (Fsp3) is 0.200. The lowest BCUT2D eigenvalue weighted by Gasteiger charge is -2.14. The molecule has 2 rings (SSSR count). The van der Waals surface area contributed by atoms with Gasteiger partial charge >= 0.3 is 15.3 Å². The van der Waals surface area contributed by atoms with Crippen LogP contribution < -0.4 is 15.4 Å². The molecule has 1 amide bonds. The van der Waals surface area contributed by atoms with Gasteiger partial charge in [0.05, 0.1) is 17.6 Å². The van der Waals surface area contributed by atoms with Gasteiger partial charge in [0.1, 0.15) is 5.82 Å². The first kappa shape index (κ1) is 17.7. The lowest BCUT2D eigenvalue weighted by atomic mass is 10.3. The Morgan fingerprint density at radius 2 is 1.96 bits per heavy atom. The van der Waals surface area contributed by atoms with Crippen LogP contribution in [0.5, 0.6) is 0 Å². The number of rotatable bonds is 5. The number of nitrogens with zero attached hydrogens (tertiary/aromatic N) is 1. The molecule has 1 aromatic heterocycles. The summed E-state index contributed by atoms with van der Waals surface area (Å²) in [5, 5.41) is 4.04. The van der Waals surface area contributed by atoms with Gasteiger partial charge in [-0.25, -0.2) is 4.39 Å². The fourth-order valence-electron chi connectivity index (χ4n) is 1.81. The van der Waals surface area contributed by atoms with E-state index in [2.05, 4.69) is 20.3 Å². The first-order valence-corrected chi connectivity index (χ1v) is 8.56. The molecule has 9 heteroatoms. The molecule has 0 fully saturated rings. The van der Waals surface area contributed by atoms with Crippen molar-refractivity contribution in [3.63, 3.8) is 0 Å². The van der Waals surface area contributed by atoms with Gasteiger partial charge in [0, 0.05) is 17.9 Å². The first-order valence-electron chi connectivity index (χ1n) is 7.08. The number of carbonyl (C=O) groups is 1. The predicted octanol–water partition coefficient (Wildman–Crippen LogP) is 2.82. The van der Waals surface area contributed by atoms with E-state index in [1.54, 1.807) is 19.9 Å². The molecule has 24 heavy (non-hydrogen) atoms. The Bertz CT molecular complexity index is 840. The van der Waals surface area contributed by atoms with Gasteiger partial charge in [-0.3, -0.25) is 14.5 Å². The van der Waals surface area contributed by atoms with E-state index in [0.717, 1.165) is 0 Å². The number of carbonyl (C=O) groups excluding carboxylic acids is 1. The summed E-state index contributed by atoms with van der Waals surface area (Å²) in [7, 11) is -4.29. The second kappa shape index (κ2) is 7.26. The summed E-state index contributed by atoms with van der Waals surface area (Å²) in [5.41, 5.74) is 0.825. The van der Waals surface area contributed by atoms with Crippen molar-refractivity contribution in [2.45, 2.75) is 19.9 Å². The standard InChI is InChI=1S/C15H17FN4O3S/c1-10(2)18-15(21)24(22,23)20-14-9-17-7-6-13(14)19-12-5-3-4-11(16)8-12/h3-10,20H,1-2H3,(H,17,19)(H,18,21). The summed E-state index contributed by atoms with van der Waals surface area (Å²) < 4.78 is 39.5. The number of hydrogen-bond donors (Lipinski definition) is 3. The van der Waals surface area contributed by atoms with E-state index in [4.69, 9.17) is 0 Å². The van der Waals surface area contributed by atoms with E-state index in [0.29, 0.717) is 11.4 Å². The van der Waals surface area contributed by atoms with Crippen LogP contribution in [0.15, 0.2) is 42.7 Å². The summed E-state index contributed by atoms with van der Waals surface area (Å²) in [6.45, 7) is 3.29. The third kappa shape index (κ3) is 4.66. The molecule has 1 aromatic carbocycles. The highest BCUT2D eigenvalue weighted by Gasteiger charge is 2.23. The Labute approximate surface area is 139 Å². The number of sulfonamides is 1. The number of benzene rings is 1. The highest BCUT2D eigenvalue weighted by Crippen LogP contribution is 2.25. The monoisotopic (exact) mass is 352 g/mol. The maximum atomic E-state index is 13.3. The van der Waals surface area contributed by atoms with Crippen molar-refractivity contribution in [2.75, 3.05) is 10.0 Å². The summed E-state index contributed by atoms with van der Waals surface area (Å²) in [4.78, 5) is 15.6. The van der Waals surface area contributed by atoms with Crippen LogP contribution in [0.25, 0.3) is 0 Å². The van der Waals surface area contributed by atoms with Crippen LogP contribution in [-0.2, 0) is 10.0 Å². The van der Waals surface area contributed by atoms with Crippen LogP contribution in [0.2, 0.25) is 0 Å². The Hall–Kier alpha value is -2.68. The Balaban J connectivity index is 2.24. The quantitative estimate of drug-likeness (QED) is 0.768. The third-order valence-corrected chi connectivity index (χ3v) is 3.91. The highest BCUT2D eigenvalue weighted by molar-refractivity contribution is 8.07. The smallest absolute Gasteiger partial charge is 0.354 e. The van der Waals surface area contributed by atoms with Crippen LogP contribution >= 0.6 is 0 Å². The summed E-state index contributed by atoms with van der Waals surface area (Å²) in [5.74, 6) is -0.438. The second-order valence-electron chi connectivity index (χ2n) is 5.25. The van der Waals surface area contributed by atoms with Crippen molar-refractivity contribution < 1.29 is 17.6 Å². The molecule has 128 valence electrons. The lowest BCUT2D eigenvalue weighted by molar-refractivity contribution is 0.256. The minimum absolute atomic E-state index is 0.0701. The molecule has 7 nitrogen and oxygen atoms in total. The van der Waals surface area contributed by atoms with E-state index < -0.39 is 21.1 Å². The van der Waals surface area contributed by atoms with Crippen LogP contribution in [0.1, 0.15) is 13.8 Å². The number of amides is 1. The van der Waals surface area contributed by atoms with Crippen LogP contribution in [0.3, 0.4) is 0 Å². The average molecular weight is 352 g/mol. The molecule has 0 saturated carbocycles. The fourth-order valence-corrected chi connectivity index (χ4v) is 2.75. The number of pyridine rings is 1. The third-order valence-electron chi connectivity index (χ3n) is 2.82. The number of aromatic nitrogens is 1. The van der Waals surface area contributed by atoms with Crippen molar-refractivity contribution in [1.29, 1.82) is 0 Å². The minimum Gasteiger partial charge on any atom is -0.354 e. The number of halogens is 1. The molecule has 0 atom stereocenters. The molecular weight excluding hydrogens is 335 g/mol. The average Bonchev–Trinajstić information content (AvgIpc) is 2.48. The van der Waals surface area contributed by atoms with E-state index >= 15 is 0 Å². The van der Waals surface area contributed by atoms with Gasteiger partial charge < -0.3 is 10.6 Å². The van der Waals surface area contributed by atoms with E-state index in [1.165, 1.54) is 36.7 Å². The van der Waals surface area contributed by atoms with Crippen molar-refractivity contribution in [3.05, 3.63) is 48.5 Å². The largest absolute Gasteiger partial charge is 0.357 e. The van der Waals surface area contributed by atoms with E-state index in [-0.39, 0.29) is 11.7 Å². The molecular formula is C15H17FN4O3S. The number of nitrogens with one attached hydrogen (secondary N) is 3. The maximum Gasteiger partial charge on any atom is 0.357 e. The molecule has 0 aliphatic carbocycles. The summed E-state index contributed by atoms with van der Waals surface area (Å²) >= 11 is 0. The minimum atomic E-state index is -4.29. The molecule has 0 bridgehead atoms. The normalized spacial score (nSPS) is 11.2. The highest BCUT2D eigenvalue weighted by atomic mass is 32.2. The molecule has 0 spiro atoms. The molecule has 3 N–H and O–H groups in total. The van der Waals surface area contributed by atoms with Crippen molar-refractivity contribution in [2.24, 2.45) is 0 Å². The van der Waals surface area contributed by atoms with Gasteiger partial charge in [-0.2, -0.15) is 8.42 Å². The van der Waals surface area contributed by atoms with E-state index in [1.807, 2.05) is 0 Å². The topological polar surface area (TPSA) is 100 Å². The Morgan fingerprint density at radius 3 is 2.62 bits per heavy atom. The number of hydrogen-bond acceptors (Lipinski definition) is 5. The molecule has 2 aromatic rings. The van der Waals surface area contributed by atoms with Crippen molar-refractivity contribution in [1.82, 2.24) is 10.3 Å². The second-order valence-corrected chi connectivity index (χ2v) is 6.83. The number of anilines is 3. The zero-order valence-corrected chi connectivity index (χ0v) is 13.9. The van der Waals surface area contributed by atoms with Crippen molar-refractivity contribution in [3.8, 4) is 0 Å². The van der Waals surface area contributed by atoms with Gasteiger partial charge in [-0.1, -0.05) is 6.07 Å². The SMILES string of the molecule is CC(C)NC(=O)S(=O)(=O)Nc1cnccc1Nc1cccc(F)c1. The van der Waals surface area contributed by atoms with Gasteiger partial charge in [-0.05, 0) is 38.1 Å². The van der Waals surface area contributed by atoms with Crippen LogP contribution in [0, 0.1) is 5.82 Å². The summed E-state index contributed by atoms with van der Waals surface area (Å²) in [6, 6.07) is 6.85. The first-order chi connectivity index (χ1) is 11.3. The van der Waals surface area contributed by atoms with E-state index in [9.17, 15) is 17.6 Å². The predicted molar refractivity (Wildman–Crippen MR) is 90.1 cm³/mol. The molecule has 0 aliphatic rings. The maximum absolute atomic E-state index is 13.3. The van der Waals surface area contributed by atoms with Gasteiger partial charge in [0.25, 0.3) is 0 Å². The zero-order chi connectivity index (χ0) is 17.7. The zero-order valence-electron chi connectivity index (χ0n) is 13.1. The molecule has 1 heterocycles. The Morgan fingerprint density at radius 1 is 1.21 bits per heavy atom. The van der Waals surface area contributed by atoms with Crippen LogP contribution in [-0.4, -0.2) is 24.7 Å². The lowest BCUT2D eigenvalue weighted by Crippen LogP contribution is -2.37. The molecule has 0 radical (unpaired) electrons.